The third-order valence-electron chi connectivity index (χ3n) is 1.92. The lowest BCUT2D eigenvalue weighted by molar-refractivity contribution is 0.188. The molecular weight excluding hydrogens is 218 g/mol. The predicted octanol–water partition coefficient (Wildman–Crippen LogP) is 0.828. The summed E-state index contributed by atoms with van der Waals surface area (Å²) in [4.78, 5) is 3.61. The number of aliphatic hydroxyl groups excluding tert-OH is 1. The highest BCUT2D eigenvalue weighted by Gasteiger charge is 2.10. The van der Waals surface area contributed by atoms with Gasteiger partial charge in [0.2, 0.25) is 0 Å². The summed E-state index contributed by atoms with van der Waals surface area (Å²) in [5, 5.41) is 11.6. The van der Waals surface area contributed by atoms with Gasteiger partial charge in [-0.2, -0.15) is 0 Å². The third-order valence-corrected chi connectivity index (χ3v) is 1.92. The van der Waals surface area contributed by atoms with Crippen LogP contribution in [0.25, 0.3) is 0 Å². The number of pyridine rings is 1. The van der Waals surface area contributed by atoms with Crippen molar-refractivity contribution in [2.45, 2.75) is 19.4 Å². The molecule has 0 saturated heterocycles. The lowest BCUT2D eigenvalue weighted by atomic mass is 10.3. The summed E-state index contributed by atoms with van der Waals surface area (Å²) in [5.41, 5.74) is 2.02. The summed E-state index contributed by atoms with van der Waals surface area (Å²) >= 11 is 0. The Bertz CT molecular complexity index is 360. The molecule has 1 atom stereocenters. The number of hydrogen-bond acceptors (Lipinski definition) is 5. The van der Waals surface area contributed by atoms with E-state index in [4.69, 9.17) is 10.9 Å². The van der Waals surface area contributed by atoms with Gasteiger partial charge in [0.1, 0.15) is 0 Å². The Morgan fingerprint density at radius 2 is 2.06 bits per heavy atom. The number of anilines is 2. The molecule has 1 unspecified atom stereocenters. The molecule has 1 rings (SSSR count). The van der Waals surface area contributed by atoms with E-state index in [0.29, 0.717) is 19.0 Å². The molecule has 0 spiro atoms. The Balaban J connectivity index is 2.72. The average molecular weight is 232 g/mol. The van der Waals surface area contributed by atoms with Crippen LogP contribution in [0.1, 0.15) is 13.3 Å². The van der Waals surface area contributed by atoms with E-state index in [9.17, 15) is 8.78 Å². The second-order valence-electron chi connectivity index (χ2n) is 3.36. The molecule has 7 heteroatoms. The molecule has 1 aromatic rings. The van der Waals surface area contributed by atoms with Crippen LogP contribution in [-0.2, 0) is 0 Å². The van der Waals surface area contributed by atoms with Crippen molar-refractivity contribution in [3.05, 3.63) is 17.7 Å². The fourth-order valence-corrected chi connectivity index (χ4v) is 1.09. The molecule has 0 aliphatic rings. The smallest absolute Gasteiger partial charge is 0.178 e. The van der Waals surface area contributed by atoms with Crippen molar-refractivity contribution in [1.29, 1.82) is 0 Å². The number of nitrogen functional groups attached to an aromatic ring is 1. The van der Waals surface area contributed by atoms with Crippen molar-refractivity contribution in [2.24, 2.45) is 5.84 Å². The average Bonchev–Trinajstić information content (AvgIpc) is 2.20. The van der Waals surface area contributed by atoms with E-state index in [1.807, 2.05) is 5.43 Å². The number of hydrazine groups is 1. The van der Waals surface area contributed by atoms with Gasteiger partial charge < -0.3 is 15.8 Å². The maximum atomic E-state index is 13.2. The van der Waals surface area contributed by atoms with Gasteiger partial charge in [-0.25, -0.2) is 19.6 Å². The fourth-order valence-electron chi connectivity index (χ4n) is 1.09. The van der Waals surface area contributed by atoms with Gasteiger partial charge in [-0.15, -0.1) is 0 Å². The first-order valence-corrected chi connectivity index (χ1v) is 4.79. The first-order valence-electron chi connectivity index (χ1n) is 4.79. The number of halogens is 2. The number of aromatic nitrogens is 1. The van der Waals surface area contributed by atoms with Crippen molar-refractivity contribution in [3.63, 3.8) is 0 Å². The lowest BCUT2D eigenvalue weighted by Crippen LogP contribution is -2.15. The minimum atomic E-state index is -0.860. The number of nitrogens with two attached hydrogens (primary N) is 1. The topological polar surface area (TPSA) is 83.2 Å². The van der Waals surface area contributed by atoms with Crippen molar-refractivity contribution in [2.75, 3.05) is 17.3 Å². The van der Waals surface area contributed by atoms with Gasteiger partial charge >= 0.3 is 0 Å². The van der Waals surface area contributed by atoms with E-state index in [1.54, 1.807) is 6.92 Å². The van der Waals surface area contributed by atoms with Crippen LogP contribution in [0.4, 0.5) is 20.4 Å². The number of aliphatic hydroxyl groups is 1. The second-order valence-corrected chi connectivity index (χ2v) is 3.36. The molecule has 1 aromatic heterocycles. The highest BCUT2D eigenvalue weighted by atomic mass is 19.1. The second kappa shape index (κ2) is 5.57. The Labute approximate surface area is 91.6 Å². The molecule has 90 valence electrons. The number of rotatable bonds is 5. The molecular formula is C9H14F2N4O. The van der Waals surface area contributed by atoms with Crippen LogP contribution < -0.4 is 16.6 Å². The highest BCUT2D eigenvalue weighted by molar-refractivity contribution is 5.46. The van der Waals surface area contributed by atoms with E-state index in [-0.39, 0.29) is 11.6 Å². The van der Waals surface area contributed by atoms with Gasteiger partial charge in [0, 0.05) is 12.6 Å². The SMILES string of the molecule is CC(O)CCNc1nc(NN)c(F)cc1F. The summed E-state index contributed by atoms with van der Waals surface area (Å²) in [6.45, 7) is 1.94. The molecule has 1 heterocycles. The first-order chi connectivity index (χ1) is 7.54. The first kappa shape index (κ1) is 12.6. The van der Waals surface area contributed by atoms with Crippen LogP contribution in [0.5, 0.6) is 0 Å². The van der Waals surface area contributed by atoms with Crippen LogP contribution in [0, 0.1) is 11.6 Å². The van der Waals surface area contributed by atoms with Crippen LogP contribution >= 0.6 is 0 Å². The summed E-state index contributed by atoms with van der Waals surface area (Å²) in [6, 6.07) is 0.687. The molecule has 0 bridgehead atoms. The molecule has 0 radical (unpaired) electrons. The van der Waals surface area contributed by atoms with Gasteiger partial charge in [-0.1, -0.05) is 0 Å². The summed E-state index contributed by atoms with van der Waals surface area (Å²) in [5.74, 6) is 3.00. The molecule has 0 saturated carbocycles. The summed E-state index contributed by atoms with van der Waals surface area (Å²) in [7, 11) is 0. The summed E-state index contributed by atoms with van der Waals surface area (Å²) < 4.78 is 26.2. The normalized spacial score (nSPS) is 12.3. The van der Waals surface area contributed by atoms with Gasteiger partial charge in [-0.05, 0) is 13.3 Å². The quantitative estimate of drug-likeness (QED) is 0.446. The Kier molecular flexibility index (Phi) is 4.39. The van der Waals surface area contributed by atoms with Crippen LogP contribution in [0.2, 0.25) is 0 Å². The standard InChI is InChI=1S/C9H14F2N4O/c1-5(16)2-3-13-8-6(10)4-7(11)9(14-8)15-12/h4-5,16H,2-3,12H2,1H3,(H2,13,14,15). The van der Waals surface area contributed by atoms with Gasteiger partial charge in [-0.3, -0.25) is 0 Å². The minimum absolute atomic E-state index is 0.102. The van der Waals surface area contributed by atoms with Gasteiger partial charge in [0.25, 0.3) is 0 Å². The third kappa shape index (κ3) is 3.28. The van der Waals surface area contributed by atoms with Crippen LogP contribution in [0.3, 0.4) is 0 Å². The number of hydrogen-bond donors (Lipinski definition) is 4. The highest BCUT2D eigenvalue weighted by Crippen LogP contribution is 2.18. The van der Waals surface area contributed by atoms with Gasteiger partial charge in [0.15, 0.2) is 23.3 Å². The lowest BCUT2D eigenvalue weighted by Gasteiger charge is -2.10. The van der Waals surface area contributed by atoms with Crippen molar-refractivity contribution >= 4 is 11.6 Å². The molecule has 0 aromatic carbocycles. The van der Waals surface area contributed by atoms with Crippen molar-refractivity contribution < 1.29 is 13.9 Å². The zero-order valence-corrected chi connectivity index (χ0v) is 8.80. The van der Waals surface area contributed by atoms with Crippen molar-refractivity contribution in [3.8, 4) is 0 Å². The maximum absolute atomic E-state index is 13.2. The molecule has 16 heavy (non-hydrogen) atoms. The fraction of sp³-hybridized carbons (Fsp3) is 0.444. The molecule has 0 aliphatic carbocycles. The zero-order valence-electron chi connectivity index (χ0n) is 8.80. The van der Waals surface area contributed by atoms with E-state index in [1.165, 1.54) is 0 Å². The zero-order chi connectivity index (χ0) is 12.1. The molecule has 0 fully saturated rings. The largest absolute Gasteiger partial charge is 0.393 e. The molecule has 5 nitrogen and oxygen atoms in total. The maximum Gasteiger partial charge on any atom is 0.178 e. The molecule has 0 amide bonds. The van der Waals surface area contributed by atoms with Crippen LogP contribution in [-0.4, -0.2) is 22.7 Å². The molecule has 5 N–H and O–H groups in total. The van der Waals surface area contributed by atoms with E-state index in [2.05, 4.69) is 10.3 Å². The Morgan fingerprint density at radius 1 is 1.44 bits per heavy atom. The Hall–Kier alpha value is -1.47. The molecule has 0 aliphatic heterocycles. The van der Waals surface area contributed by atoms with E-state index >= 15 is 0 Å². The van der Waals surface area contributed by atoms with E-state index in [0.717, 1.165) is 0 Å². The van der Waals surface area contributed by atoms with E-state index < -0.39 is 17.7 Å². The van der Waals surface area contributed by atoms with Crippen LogP contribution in [0.15, 0.2) is 6.07 Å². The monoisotopic (exact) mass is 232 g/mol. The number of nitrogens with one attached hydrogen (secondary N) is 2. The summed E-state index contributed by atoms with van der Waals surface area (Å²) in [6.07, 6.45) is -0.0627. The minimum Gasteiger partial charge on any atom is -0.393 e. The predicted molar refractivity (Wildman–Crippen MR) is 56.8 cm³/mol. The van der Waals surface area contributed by atoms with Crippen molar-refractivity contribution in [1.82, 2.24) is 4.98 Å². The Morgan fingerprint density at radius 3 is 2.62 bits per heavy atom. The number of nitrogens with zero attached hydrogens (tertiary/aromatic N) is 1. The van der Waals surface area contributed by atoms with Gasteiger partial charge in [0.05, 0.1) is 6.10 Å².